The highest BCUT2D eigenvalue weighted by Crippen LogP contribution is 2.26. The van der Waals surface area contributed by atoms with Crippen LogP contribution in [0.2, 0.25) is 0 Å². The van der Waals surface area contributed by atoms with E-state index in [-0.39, 0.29) is 29.9 Å². The number of hydrogen-bond donors (Lipinski definition) is 2. The third kappa shape index (κ3) is 5.44. The van der Waals surface area contributed by atoms with Gasteiger partial charge in [-0.05, 0) is 47.7 Å². The maximum absolute atomic E-state index is 11.9. The largest absolute Gasteiger partial charge is 0.493 e. The van der Waals surface area contributed by atoms with Gasteiger partial charge in [0.05, 0.1) is 6.61 Å². The number of benzene rings is 2. The number of halogens is 1. The van der Waals surface area contributed by atoms with Crippen molar-refractivity contribution in [1.82, 2.24) is 10.6 Å². The van der Waals surface area contributed by atoms with Crippen molar-refractivity contribution >= 4 is 41.5 Å². The van der Waals surface area contributed by atoms with Crippen LogP contribution in [-0.4, -0.2) is 38.6 Å². The van der Waals surface area contributed by atoms with Gasteiger partial charge in [0.15, 0.2) is 5.96 Å². The van der Waals surface area contributed by atoms with Gasteiger partial charge in [-0.1, -0.05) is 24.3 Å². The first kappa shape index (κ1) is 22.4. The first-order valence-corrected chi connectivity index (χ1v) is 10.3. The monoisotopic (exact) mass is 520 g/mol. The summed E-state index contributed by atoms with van der Waals surface area (Å²) in [4.78, 5) is 18.0. The highest BCUT2D eigenvalue weighted by molar-refractivity contribution is 14.0. The van der Waals surface area contributed by atoms with Crippen molar-refractivity contribution in [3.05, 3.63) is 59.2 Å². The summed E-state index contributed by atoms with van der Waals surface area (Å²) in [6.45, 7) is 3.12. The fraction of sp³-hybridized carbons (Fsp3) is 0.391. The van der Waals surface area contributed by atoms with Crippen LogP contribution in [0.1, 0.15) is 29.5 Å². The third-order valence-corrected chi connectivity index (χ3v) is 5.46. The number of fused-ring (bicyclic) bond motifs is 1. The van der Waals surface area contributed by atoms with Crippen molar-refractivity contribution in [2.75, 3.05) is 31.6 Å². The molecule has 0 bridgehead atoms. The van der Waals surface area contributed by atoms with Gasteiger partial charge in [-0.2, -0.15) is 0 Å². The Morgan fingerprint density at radius 2 is 1.90 bits per heavy atom. The second-order valence-corrected chi connectivity index (χ2v) is 7.46. The lowest BCUT2D eigenvalue weighted by Gasteiger charge is -2.16. The number of guanidine groups is 1. The number of nitrogens with zero attached hydrogens (tertiary/aromatic N) is 2. The molecule has 2 aromatic rings. The number of nitrogens with one attached hydrogen (secondary N) is 2. The molecule has 2 aliphatic rings. The molecule has 0 aliphatic carbocycles. The Hall–Kier alpha value is -2.29. The smallest absolute Gasteiger partial charge is 0.227 e. The van der Waals surface area contributed by atoms with Crippen LogP contribution in [0.25, 0.3) is 0 Å². The van der Waals surface area contributed by atoms with Crippen LogP contribution < -0.4 is 20.3 Å². The zero-order valence-corrected chi connectivity index (χ0v) is 19.6. The molecule has 1 saturated heterocycles. The van der Waals surface area contributed by atoms with E-state index in [4.69, 9.17) is 4.74 Å². The Morgan fingerprint density at radius 3 is 2.63 bits per heavy atom. The van der Waals surface area contributed by atoms with Gasteiger partial charge in [0.25, 0.3) is 0 Å². The van der Waals surface area contributed by atoms with Crippen LogP contribution in [0, 0.1) is 0 Å². The molecule has 2 aromatic carbocycles. The molecular formula is C23H29IN4O2. The van der Waals surface area contributed by atoms with E-state index in [1.807, 2.05) is 17.0 Å². The molecule has 30 heavy (non-hydrogen) atoms. The molecule has 1 fully saturated rings. The van der Waals surface area contributed by atoms with E-state index in [1.54, 1.807) is 7.05 Å². The number of anilines is 1. The molecule has 1 amide bonds. The molecule has 0 atom stereocenters. The van der Waals surface area contributed by atoms with Gasteiger partial charge in [0.2, 0.25) is 5.91 Å². The van der Waals surface area contributed by atoms with Gasteiger partial charge in [-0.15, -0.1) is 24.0 Å². The quantitative estimate of drug-likeness (QED) is 0.349. The van der Waals surface area contributed by atoms with E-state index in [1.165, 1.54) is 11.1 Å². The third-order valence-electron chi connectivity index (χ3n) is 5.46. The second-order valence-electron chi connectivity index (χ2n) is 7.46. The van der Waals surface area contributed by atoms with Crippen molar-refractivity contribution in [3.8, 4) is 5.75 Å². The summed E-state index contributed by atoms with van der Waals surface area (Å²) in [7, 11) is 1.78. The molecule has 0 unspecified atom stereocenters. The van der Waals surface area contributed by atoms with Crippen LogP contribution in [0.5, 0.6) is 5.75 Å². The Bertz CT molecular complexity index is 899. The molecule has 7 heteroatoms. The molecule has 4 rings (SSSR count). The zero-order chi connectivity index (χ0) is 20.1. The Labute approximate surface area is 195 Å². The number of ether oxygens (including phenoxy) is 1. The molecule has 6 nitrogen and oxygen atoms in total. The lowest BCUT2D eigenvalue weighted by Crippen LogP contribution is -2.37. The van der Waals surface area contributed by atoms with Gasteiger partial charge in [-0.3, -0.25) is 9.79 Å². The van der Waals surface area contributed by atoms with Gasteiger partial charge < -0.3 is 20.3 Å². The Kier molecular flexibility index (Phi) is 7.95. The molecular weight excluding hydrogens is 491 g/mol. The summed E-state index contributed by atoms with van der Waals surface area (Å²) in [5, 5.41) is 6.72. The van der Waals surface area contributed by atoms with Crippen molar-refractivity contribution in [2.24, 2.45) is 4.99 Å². The van der Waals surface area contributed by atoms with Gasteiger partial charge in [-0.25, -0.2) is 0 Å². The maximum atomic E-state index is 11.9. The minimum atomic E-state index is 0. The van der Waals surface area contributed by atoms with E-state index < -0.39 is 0 Å². The number of carbonyl (C=O) groups excluding carboxylic acids is 1. The molecule has 0 spiro atoms. The van der Waals surface area contributed by atoms with Crippen LogP contribution in [-0.2, 0) is 24.2 Å². The first-order valence-electron chi connectivity index (χ1n) is 10.3. The normalized spacial score (nSPS) is 15.4. The summed E-state index contributed by atoms with van der Waals surface area (Å²) in [5.74, 6) is 2.03. The van der Waals surface area contributed by atoms with Crippen molar-refractivity contribution in [3.63, 3.8) is 0 Å². The van der Waals surface area contributed by atoms with Crippen molar-refractivity contribution in [2.45, 2.75) is 32.2 Å². The SMILES string of the molecule is CN=C(NCCc1ccc2c(c1)CCO2)NCc1ccc(N2CCCC2=O)cc1.I. The molecule has 0 saturated carbocycles. The van der Waals surface area contributed by atoms with E-state index in [0.717, 1.165) is 61.9 Å². The van der Waals surface area contributed by atoms with E-state index in [9.17, 15) is 4.79 Å². The average Bonchev–Trinajstić information content (AvgIpc) is 3.39. The molecule has 0 aromatic heterocycles. The predicted octanol–water partition coefficient (Wildman–Crippen LogP) is 3.27. The van der Waals surface area contributed by atoms with Crippen LogP contribution in [0.3, 0.4) is 0 Å². The minimum Gasteiger partial charge on any atom is -0.493 e. The van der Waals surface area contributed by atoms with Gasteiger partial charge in [0.1, 0.15) is 5.75 Å². The van der Waals surface area contributed by atoms with Gasteiger partial charge >= 0.3 is 0 Å². The maximum Gasteiger partial charge on any atom is 0.227 e. The van der Waals surface area contributed by atoms with E-state index in [0.29, 0.717) is 13.0 Å². The number of hydrogen-bond acceptors (Lipinski definition) is 3. The summed E-state index contributed by atoms with van der Waals surface area (Å²) in [6.07, 6.45) is 3.55. The summed E-state index contributed by atoms with van der Waals surface area (Å²) in [5.41, 5.74) is 4.76. The number of amides is 1. The highest BCUT2D eigenvalue weighted by Gasteiger charge is 2.21. The van der Waals surface area contributed by atoms with Crippen LogP contribution in [0.15, 0.2) is 47.5 Å². The van der Waals surface area contributed by atoms with Crippen molar-refractivity contribution < 1.29 is 9.53 Å². The second kappa shape index (κ2) is 10.7. The Balaban J connectivity index is 0.00000256. The highest BCUT2D eigenvalue weighted by atomic mass is 127. The fourth-order valence-corrected chi connectivity index (χ4v) is 3.84. The Morgan fingerprint density at radius 1 is 1.10 bits per heavy atom. The predicted molar refractivity (Wildman–Crippen MR) is 131 cm³/mol. The lowest BCUT2D eigenvalue weighted by atomic mass is 10.1. The van der Waals surface area contributed by atoms with E-state index in [2.05, 4.69) is 46.0 Å². The molecule has 2 heterocycles. The van der Waals surface area contributed by atoms with Crippen LogP contribution >= 0.6 is 24.0 Å². The van der Waals surface area contributed by atoms with Gasteiger partial charge in [0, 0.05) is 45.2 Å². The molecule has 2 aliphatic heterocycles. The first-order chi connectivity index (χ1) is 14.2. The number of carbonyl (C=O) groups is 1. The van der Waals surface area contributed by atoms with E-state index >= 15 is 0 Å². The topological polar surface area (TPSA) is 66.0 Å². The zero-order valence-electron chi connectivity index (χ0n) is 17.3. The fourth-order valence-electron chi connectivity index (χ4n) is 3.84. The summed E-state index contributed by atoms with van der Waals surface area (Å²) >= 11 is 0. The number of aliphatic imine (C=N–C) groups is 1. The molecule has 2 N–H and O–H groups in total. The average molecular weight is 520 g/mol. The summed E-state index contributed by atoms with van der Waals surface area (Å²) < 4.78 is 5.56. The summed E-state index contributed by atoms with van der Waals surface area (Å²) in [6, 6.07) is 14.6. The lowest BCUT2D eigenvalue weighted by molar-refractivity contribution is -0.117. The standard InChI is InChI=1S/C23H28N4O2.HI/c1-24-23(25-12-10-17-6-9-21-19(15-17)11-14-29-21)26-16-18-4-7-20(8-5-18)27-13-2-3-22(27)28;/h4-9,15H,2-3,10-14,16H2,1H3,(H2,24,25,26);1H. The van der Waals surface area contributed by atoms with Crippen LogP contribution in [0.4, 0.5) is 5.69 Å². The minimum absolute atomic E-state index is 0. The van der Waals surface area contributed by atoms with Crippen molar-refractivity contribution in [1.29, 1.82) is 0 Å². The molecule has 0 radical (unpaired) electrons. The number of rotatable bonds is 6. The molecule has 160 valence electrons.